The predicted molar refractivity (Wildman–Crippen MR) is 123 cm³/mol. The number of nitrogens with zero attached hydrogens (tertiary/aromatic N) is 1. The number of amides is 1. The van der Waals surface area contributed by atoms with Gasteiger partial charge in [0.05, 0.1) is 11.2 Å². The van der Waals surface area contributed by atoms with Crippen LogP contribution in [0.15, 0.2) is 73.1 Å². The summed E-state index contributed by atoms with van der Waals surface area (Å²) in [6, 6.07) is 20.0. The molecule has 4 rings (SSSR count). The monoisotopic (exact) mass is 415 g/mol. The first-order valence-corrected chi connectivity index (χ1v) is 10.9. The average Bonchev–Trinajstić information content (AvgIpc) is 2.81. The van der Waals surface area contributed by atoms with Crippen LogP contribution in [0.2, 0.25) is 0 Å². The second kappa shape index (κ2) is 9.65. The summed E-state index contributed by atoms with van der Waals surface area (Å²) in [6.07, 6.45) is 7.84. The number of fused-ring (bicyclic) bond motifs is 1. The molecular formula is C26H29N3O2. The van der Waals surface area contributed by atoms with Gasteiger partial charge in [-0.25, -0.2) is 0 Å². The molecule has 1 aliphatic rings. The predicted octanol–water partition coefficient (Wildman–Crippen LogP) is 4.99. The van der Waals surface area contributed by atoms with Gasteiger partial charge in [0.15, 0.2) is 0 Å². The molecule has 31 heavy (non-hydrogen) atoms. The molecule has 0 fully saturated rings. The molecule has 0 saturated heterocycles. The highest BCUT2D eigenvalue weighted by molar-refractivity contribution is 5.95. The number of benzene rings is 2. The van der Waals surface area contributed by atoms with Crippen molar-refractivity contribution in [3.05, 3.63) is 89.7 Å². The number of nitrogens with one attached hydrogen (secondary N) is 2. The molecule has 1 amide bonds. The first kappa shape index (κ1) is 20.9. The van der Waals surface area contributed by atoms with Crippen LogP contribution in [0.5, 0.6) is 5.75 Å². The largest absolute Gasteiger partial charge is 0.489 e. The molecule has 0 bridgehead atoms. The summed E-state index contributed by atoms with van der Waals surface area (Å²) in [5.41, 5.74) is 3.71. The number of anilines is 1. The number of carbonyl (C=O) groups excluding carboxylic acids is 1. The first-order chi connectivity index (χ1) is 15.1. The van der Waals surface area contributed by atoms with Crippen LogP contribution in [0.25, 0.3) is 0 Å². The summed E-state index contributed by atoms with van der Waals surface area (Å²) >= 11 is 0. The van der Waals surface area contributed by atoms with E-state index in [2.05, 4.69) is 52.9 Å². The number of hydrogen-bond acceptors (Lipinski definition) is 4. The number of ether oxygens (including phenoxy) is 1. The third-order valence-electron chi connectivity index (χ3n) is 5.69. The van der Waals surface area contributed by atoms with Crippen molar-refractivity contribution in [2.45, 2.75) is 44.7 Å². The molecule has 2 aromatic carbocycles. The van der Waals surface area contributed by atoms with E-state index < -0.39 is 0 Å². The Bertz CT molecular complexity index is 1010. The zero-order valence-corrected chi connectivity index (χ0v) is 17.9. The fourth-order valence-electron chi connectivity index (χ4n) is 3.90. The zero-order valence-electron chi connectivity index (χ0n) is 17.9. The summed E-state index contributed by atoms with van der Waals surface area (Å²) < 4.78 is 6.02. The summed E-state index contributed by atoms with van der Waals surface area (Å²) in [5, 5.41) is 6.58. The van der Waals surface area contributed by atoms with Gasteiger partial charge in [-0.3, -0.25) is 9.78 Å². The Balaban J connectivity index is 1.32. The van der Waals surface area contributed by atoms with Crippen molar-refractivity contribution in [3.63, 3.8) is 0 Å². The zero-order chi connectivity index (χ0) is 21.5. The second-order valence-corrected chi connectivity index (χ2v) is 8.42. The van der Waals surface area contributed by atoms with Gasteiger partial charge in [0, 0.05) is 24.5 Å². The van der Waals surface area contributed by atoms with Gasteiger partial charge in [-0.2, -0.15) is 0 Å². The Morgan fingerprint density at radius 1 is 1.10 bits per heavy atom. The van der Waals surface area contributed by atoms with Crippen molar-refractivity contribution in [3.8, 4) is 5.75 Å². The molecule has 0 radical (unpaired) electrons. The smallest absolute Gasteiger partial charge is 0.251 e. The van der Waals surface area contributed by atoms with Gasteiger partial charge in [0.25, 0.3) is 5.91 Å². The van der Waals surface area contributed by atoms with Crippen molar-refractivity contribution in [1.29, 1.82) is 0 Å². The molecule has 0 aliphatic carbocycles. The summed E-state index contributed by atoms with van der Waals surface area (Å²) in [5.74, 6) is 0.689. The van der Waals surface area contributed by atoms with E-state index in [1.807, 2.05) is 30.3 Å². The highest BCUT2D eigenvalue weighted by Gasteiger charge is 2.30. The molecule has 0 spiro atoms. The molecule has 160 valence electrons. The molecule has 5 heteroatoms. The van der Waals surface area contributed by atoms with Gasteiger partial charge in [0.1, 0.15) is 12.4 Å². The van der Waals surface area contributed by atoms with E-state index in [0.29, 0.717) is 18.7 Å². The molecule has 1 unspecified atom stereocenters. The lowest BCUT2D eigenvalue weighted by atomic mass is 9.92. The first-order valence-electron chi connectivity index (χ1n) is 10.9. The van der Waals surface area contributed by atoms with Crippen LogP contribution in [-0.4, -0.2) is 23.0 Å². The summed E-state index contributed by atoms with van der Waals surface area (Å²) in [6.45, 7) is 3.26. The van der Waals surface area contributed by atoms with Crippen molar-refractivity contribution >= 4 is 11.6 Å². The van der Waals surface area contributed by atoms with E-state index in [0.717, 1.165) is 42.7 Å². The van der Waals surface area contributed by atoms with E-state index in [9.17, 15) is 4.79 Å². The minimum atomic E-state index is -0.144. The van der Waals surface area contributed by atoms with Gasteiger partial charge in [-0.15, -0.1) is 0 Å². The minimum Gasteiger partial charge on any atom is -0.489 e. The highest BCUT2D eigenvalue weighted by atomic mass is 16.5. The Morgan fingerprint density at radius 2 is 1.94 bits per heavy atom. The van der Waals surface area contributed by atoms with Gasteiger partial charge in [-0.05, 0) is 61.6 Å². The molecule has 1 aromatic heterocycles. The van der Waals surface area contributed by atoms with E-state index in [1.54, 1.807) is 12.4 Å². The van der Waals surface area contributed by atoms with Crippen molar-refractivity contribution < 1.29 is 9.53 Å². The molecule has 0 saturated carbocycles. The minimum absolute atomic E-state index is 0.108. The topological polar surface area (TPSA) is 63.2 Å². The quantitative estimate of drug-likeness (QED) is 0.509. The molecule has 1 atom stereocenters. The van der Waals surface area contributed by atoms with E-state index >= 15 is 0 Å². The number of carbonyl (C=O) groups is 1. The fourth-order valence-corrected chi connectivity index (χ4v) is 3.90. The Labute approximate surface area is 183 Å². The maximum atomic E-state index is 12.6. The lowest BCUT2D eigenvalue weighted by Gasteiger charge is -2.37. The highest BCUT2D eigenvalue weighted by Crippen LogP contribution is 2.35. The van der Waals surface area contributed by atoms with Crippen LogP contribution in [0.1, 0.15) is 47.7 Å². The average molecular weight is 416 g/mol. The number of hydrogen-bond donors (Lipinski definition) is 2. The van der Waals surface area contributed by atoms with Crippen LogP contribution in [-0.2, 0) is 13.0 Å². The number of unbranched alkanes of at least 4 members (excludes halogenated alkanes) is 1. The number of aromatic nitrogens is 1. The van der Waals surface area contributed by atoms with Crippen LogP contribution >= 0.6 is 0 Å². The molecule has 3 aromatic rings. The van der Waals surface area contributed by atoms with Gasteiger partial charge >= 0.3 is 0 Å². The molecule has 1 aliphatic heterocycles. The maximum absolute atomic E-state index is 12.6. The Kier molecular flexibility index (Phi) is 6.51. The SMILES string of the molecule is CC1(CCCCc2ccccc2)COc2ccc(C(=O)NCc3cccnc3)cc2N1. The standard InChI is InChI=1S/C26H29N3O2/c1-26(14-6-5-10-20-8-3-2-4-9-20)19-31-24-13-12-22(16-23(24)29-26)25(30)28-18-21-11-7-15-27-17-21/h2-4,7-9,11-13,15-17,29H,5-6,10,14,18-19H2,1H3,(H,28,30). The normalized spacial score (nSPS) is 17.2. The number of rotatable bonds is 8. The lowest BCUT2D eigenvalue weighted by Crippen LogP contribution is -2.44. The molecule has 5 nitrogen and oxygen atoms in total. The number of aryl methyl sites for hydroxylation is 1. The Morgan fingerprint density at radius 3 is 2.74 bits per heavy atom. The summed E-state index contributed by atoms with van der Waals surface area (Å²) in [7, 11) is 0. The second-order valence-electron chi connectivity index (χ2n) is 8.42. The van der Waals surface area contributed by atoms with Gasteiger partial charge < -0.3 is 15.4 Å². The van der Waals surface area contributed by atoms with Gasteiger partial charge in [-0.1, -0.05) is 42.8 Å². The van der Waals surface area contributed by atoms with E-state index in [1.165, 1.54) is 5.56 Å². The van der Waals surface area contributed by atoms with Crippen molar-refractivity contribution in [2.24, 2.45) is 0 Å². The maximum Gasteiger partial charge on any atom is 0.251 e. The van der Waals surface area contributed by atoms with E-state index in [-0.39, 0.29) is 11.4 Å². The van der Waals surface area contributed by atoms with Crippen molar-refractivity contribution in [2.75, 3.05) is 11.9 Å². The molecular weight excluding hydrogens is 386 g/mol. The molecule has 2 N–H and O–H groups in total. The van der Waals surface area contributed by atoms with E-state index in [4.69, 9.17) is 4.74 Å². The summed E-state index contributed by atoms with van der Waals surface area (Å²) in [4.78, 5) is 16.7. The van der Waals surface area contributed by atoms with Crippen molar-refractivity contribution in [1.82, 2.24) is 10.3 Å². The van der Waals surface area contributed by atoms with Crippen LogP contribution in [0, 0.1) is 0 Å². The Hall–Kier alpha value is -3.34. The molecule has 2 heterocycles. The van der Waals surface area contributed by atoms with Gasteiger partial charge in [0.2, 0.25) is 0 Å². The third-order valence-corrected chi connectivity index (χ3v) is 5.69. The van der Waals surface area contributed by atoms with Crippen LogP contribution < -0.4 is 15.4 Å². The number of pyridine rings is 1. The third kappa shape index (κ3) is 5.63. The van der Waals surface area contributed by atoms with Crippen LogP contribution in [0.4, 0.5) is 5.69 Å². The fraction of sp³-hybridized carbons (Fsp3) is 0.308. The van der Waals surface area contributed by atoms with Crippen LogP contribution in [0.3, 0.4) is 0 Å². The lowest BCUT2D eigenvalue weighted by molar-refractivity contribution is 0.0950.